The molecule has 0 aromatic carbocycles. The maximum absolute atomic E-state index is 11.1. The lowest BCUT2D eigenvalue weighted by Crippen LogP contribution is -2.30. The molecule has 15 heavy (non-hydrogen) atoms. The lowest BCUT2D eigenvalue weighted by molar-refractivity contribution is -0.147. The minimum atomic E-state index is -1.42. The van der Waals surface area contributed by atoms with Crippen LogP contribution in [0.15, 0.2) is 0 Å². The second-order valence-electron chi connectivity index (χ2n) is 3.51. The lowest BCUT2D eigenvalue weighted by atomic mass is 10.2. The molecule has 0 aromatic rings. The summed E-state index contributed by atoms with van der Waals surface area (Å²) >= 11 is 0. The number of aliphatic hydroxyl groups excluding tert-OH is 1. The van der Waals surface area contributed by atoms with Gasteiger partial charge in [0.2, 0.25) is 5.91 Å². The van der Waals surface area contributed by atoms with Gasteiger partial charge in [0.1, 0.15) is 0 Å². The van der Waals surface area contributed by atoms with Gasteiger partial charge in [-0.1, -0.05) is 0 Å². The van der Waals surface area contributed by atoms with Gasteiger partial charge in [-0.3, -0.25) is 4.79 Å². The number of carboxylic acids is 1. The van der Waals surface area contributed by atoms with Crippen molar-refractivity contribution in [3.8, 4) is 0 Å². The largest absolute Gasteiger partial charge is 0.479 e. The third-order valence-electron chi connectivity index (χ3n) is 1.85. The van der Waals surface area contributed by atoms with Crippen molar-refractivity contribution < 1.29 is 19.8 Å². The van der Waals surface area contributed by atoms with Crippen LogP contribution in [0.25, 0.3) is 0 Å². The quantitative estimate of drug-likeness (QED) is 0.441. The summed E-state index contributed by atoms with van der Waals surface area (Å²) in [7, 11) is 0. The van der Waals surface area contributed by atoms with Gasteiger partial charge in [-0.2, -0.15) is 0 Å². The van der Waals surface area contributed by atoms with Gasteiger partial charge < -0.3 is 21.3 Å². The van der Waals surface area contributed by atoms with Gasteiger partial charge in [0, 0.05) is 25.4 Å². The Morgan fingerprint density at radius 1 is 1.40 bits per heavy atom. The zero-order valence-electron chi connectivity index (χ0n) is 8.77. The highest BCUT2D eigenvalue weighted by molar-refractivity contribution is 5.76. The van der Waals surface area contributed by atoms with E-state index in [1.807, 2.05) is 6.92 Å². The summed E-state index contributed by atoms with van der Waals surface area (Å²) in [6.07, 6.45) is -0.494. The van der Waals surface area contributed by atoms with Gasteiger partial charge >= 0.3 is 5.97 Å². The number of hydrogen-bond acceptors (Lipinski definition) is 4. The maximum Gasteiger partial charge on any atom is 0.332 e. The molecule has 0 aliphatic rings. The van der Waals surface area contributed by atoms with Crippen LogP contribution in [0.5, 0.6) is 0 Å². The lowest BCUT2D eigenvalue weighted by Gasteiger charge is -2.08. The van der Waals surface area contributed by atoms with Crippen LogP contribution in [0.3, 0.4) is 0 Å². The zero-order chi connectivity index (χ0) is 11.8. The number of hydrogen-bond donors (Lipinski definition) is 4. The Kier molecular flexibility index (Phi) is 6.64. The predicted octanol–water partition coefficient (Wildman–Crippen LogP) is -0.934. The Hall–Kier alpha value is -1.14. The third kappa shape index (κ3) is 7.90. The molecule has 1 unspecified atom stereocenters. The molecule has 5 N–H and O–H groups in total. The highest BCUT2D eigenvalue weighted by Crippen LogP contribution is 1.94. The van der Waals surface area contributed by atoms with Gasteiger partial charge in [0.05, 0.1) is 0 Å². The van der Waals surface area contributed by atoms with E-state index in [0.29, 0.717) is 12.8 Å². The molecule has 0 saturated heterocycles. The monoisotopic (exact) mass is 218 g/mol. The molecule has 0 radical (unpaired) electrons. The average Bonchev–Trinajstić information content (AvgIpc) is 2.14. The van der Waals surface area contributed by atoms with Gasteiger partial charge in [0.25, 0.3) is 0 Å². The first kappa shape index (κ1) is 13.9. The van der Waals surface area contributed by atoms with Crippen LogP contribution >= 0.6 is 0 Å². The van der Waals surface area contributed by atoms with E-state index in [9.17, 15) is 9.59 Å². The second-order valence-corrected chi connectivity index (χ2v) is 3.51. The molecule has 1 amide bonds. The number of aliphatic hydroxyl groups is 1. The number of aliphatic carboxylic acids is 1. The van der Waals surface area contributed by atoms with E-state index in [-0.39, 0.29) is 24.9 Å². The Morgan fingerprint density at radius 3 is 2.47 bits per heavy atom. The smallest absolute Gasteiger partial charge is 0.332 e. The number of carbonyl (C=O) groups excluding carboxylic acids is 1. The van der Waals surface area contributed by atoms with Gasteiger partial charge in [-0.15, -0.1) is 0 Å². The van der Waals surface area contributed by atoms with Crippen molar-refractivity contribution in [2.75, 3.05) is 6.54 Å². The summed E-state index contributed by atoms with van der Waals surface area (Å²) in [6.45, 7) is 1.96. The molecule has 0 aliphatic heterocycles. The fourth-order valence-electron chi connectivity index (χ4n) is 0.919. The number of nitrogens with one attached hydrogen (secondary N) is 1. The minimum absolute atomic E-state index is 0.0131. The van der Waals surface area contributed by atoms with Gasteiger partial charge in [0.15, 0.2) is 6.10 Å². The molecule has 88 valence electrons. The number of amides is 1. The molecule has 0 rings (SSSR count). The van der Waals surface area contributed by atoms with Crippen molar-refractivity contribution in [2.24, 2.45) is 5.73 Å². The van der Waals surface area contributed by atoms with E-state index in [4.69, 9.17) is 15.9 Å². The third-order valence-corrected chi connectivity index (χ3v) is 1.85. The Morgan fingerprint density at radius 2 is 2.00 bits per heavy atom. The topological polar surface area (TPSA) is 113 Å². The zero-order valence-corrected chi connectivity index (χ0v) is 8.77. The van der Waals surface area contributed by atoms with Gasteiger partial charge in [-0.05, 0) is 13.3 Å². The molecule has 6 heteroatoms. The summed E-state index contributed by atoms with van der Waals surface area (Å²) in [6, 6.07) is -0.0274. The number of carboxylic acid groups (broad SMARTS) is 1. The van der Waals surface area contributed by atoms with Crippen LogP contribution < -0.4 is 11.1 Å². The number of nitrogens with two attached hydrogens (primary N) is 1. The first-order chi connectivity index (χ1) is 6.93. The fourth-order valence-corrected chi connectivity index (χ4v) is 0.919. The molecular formula is C9H18N2O4. The SMILES string of the molecule is CC(N)CCC(=O)NCC[C@H](O)C(=O)O. The van der Waals surface area contributed by atoms with Crippen LogP contribution in [0, 0.1) is 0 Å². The molecule has 0 aliphatic carbocycles. The van der Waals surface area contributed by atoms with Crippen molar-refractivity contribution >= 4 is 11.9 Å². The van der Waals surface area contributed by atoms with Crippen molar-refractivity contribution in [1.82, 2.24) is 5.32 Å². The predicted molar refractivity (Wildman–Crippen MR) is 54.2 cm³/mol. The van der Waals surface area contributed by atoms with Crippen LogP contribution in [0.4, 0.5) is 0 Å². The number of rotatable bonds is 7. The highest BCUT2D eigenvalue weighted by Gasteiger charge is 2.12. The van der Waals surface area contributed by atoms with Gasteiger partial charge in [-0.25, -0.2) is 4.79 Å². The Bertz CT molecular complexity index is 218. The van der Waals surface area contributed by atoms with E-state index < -0.39 is 12.1 Å². The molecule has 0 spiro atoms. The van der Waals surface area contributed by atoms with Crippen LogP contribution in [0.1, 0.15) is 26.2 Å². The molecule has 0 bridgehead atoms. The second kappa shape index (κ2) is 7.19. The summed E-state index contributed by atoms with van der Waals surface area (Å²) in [5.74, 6) is -1.45. The molecule has 2 atom stereocenters. The summed E-state index contributed by atoms with van der Waals surface area (Å²) in [5, 5.41) is 19.7. The van der Waals surface area contributed by atoms with E-state index in [1.54, 1.807) is 0 Å². The van der Waals surface area contributed by atoms with Crippen molar-refractivity contribution in [3.63, 3.8) is 0 Å². The van der Waals surface area contributed by atoms with Crippen LogP contribution in [-0.2, 0) is 9.59 Å². The standard InChI is InChI=1S/C9H18N2O4/c1-6(10)2-3-8(13)11-5-4-7(12)9(14)15/h6-7,12H,2-5,10H2,1H3,(H,11,13)(H,14,15)/t6?,7-/m0/s1. The normalized spacial score (nSPS) is 14.3. The minimum Gasteiger partial charge on any atom is -0.479 e. The highest BCUT2D eigenvalue weighted by atomic mass is 16.4. The molecule has 6 nitrogen and oxygen atoms in total. The summed E-state index contributed by atoms with van der Waals surface area (Å²) in [4.78, 5) is 21.3. The number of carbonyl (C=O) groups is 2. The first-order valence-corrected chi connectivity index (χ1v) is 4.86. The fraction of sp³-hybridized carbons (Fsp3) is 0.778. The van der Waals surface area contributed by atoms with Crippen molar-refractivity contribution in [1.29, 1.82) is 0 Å². The van der Waals surface area contributed by atoms with Crippen molar-refractivity contribution in [3.05, 3.63) is 0 Å². The molecule has 0 saturated carbocycles. The van der Waals surface area contributed by atoms with E-state index in [2.05, 4.69) is 5.32 Å². The van der Waals surface area contributed by atoms with E-state index in [0.717, 1.165) is 0 Å². The Balaban J connectivity index is 3.51. The molecular weight excluding hydrogens is 200 g/mol. The maximum atomic E-state index is 11.1. The average molecular weight is 218 g/mol. The molecule has 0 fully saturated rings. The van der Waals surface area contributed by atoms with Crippen molar-refractivity contribution in [2.45, 2.75) is 38.3 Å². The summed E-state index contributed by atoms with van der Waals surface area (Å²) < 4.78 is 0. The Labute approximate surface area is 88.5 Å². The molecule has 0 aromatic heterocycles. The van der Waals surface area contributed by atoms with Crippen LogP contribution in [-0.4, -0.2) is 40.8 Å². The van der Waals surface area contributed by atoms with E-state index in [1.165, 1.54) is 0 Å². The van der Waals surface area contributed by atoms with E-state index >= 15 is 0 Å². The molecule has 0 heterocycles. The summed E-state index contributed by atoms with van der Waals surface area (Å²) in [5.41, 5.74) is 5.46. The van der Waals surface area contributed by atoms with Crippen LogP contribution in [0.2, 0.25) is 0 Å². The first-order valence-electron chi connectivity index (χ1n) is 4.86.